The Hall–Kier alpha value is -0.990. The normalized spacial score (nSPS) is 19.9. The van der Waals surface area contributed by atoms with Gasteiger partial charge in [0.25, 0.3) is 0 Å². The van der Waals surface area contributed by atoms with Gasteiger partial charge >= 0.3 is 0 Å². The Labute approximate surface area is 98.0 Å². The minimum Gasteiger partial charge on any atom is -0.368 e. The van der Waals surface area contributed by atoms with Crippen LogP contribution in [0, 0.1) is 11.8 Å². The SMILES string of the molecule is CCC1CCc2[nH]nc(NCC(C)C)c2C1. The average Bonchev–Trinajstić information content (AvgIpc) is 2.68. The van der Waals surface area contributed by atoms with Crippen molar-refractivity contribution in [3.63, 3.8) is 0 Å². The number of fused-ring (bicyclic) bond motifs is 1. The summed E-state index contributed by atoms with van der Waals surface area (Å²) in [6.07, 6.45) is 4.97. The highest BCUT2D eigenvalue weighted by atomic mass is 15.2. The zero-order valence-corrected chi connectivity index (χ0v) is 10.6. The van der Waals surface area contributed by atoms with E-state index >= 15 is 0 Å². The highest BCUT2D eigenvalue weighted by Crippen LogP contribution is 2.30. The molecule has 2 rings (SSSR count). The van der Waals surface area contributed by atoms with E-state index in [0.29, 0.717) is 5.92 Å². The van der Waals surface area contributed by atoms with Gasteiger partial charge in [0.2, 0.25) is 0 Å². The summed E-state index contributed by atoms with van der Waals surface area (Å²) in [5.41, 5.74) is 2.80. The number of H-pyrrole nitrogens is 1. The van der Waals surface area contributed by atoms with E-state index in [-0.39, 0.29) is 0 Å². The number of aryl methyl sites for hydroxylation is 1. The quantitative estimate of drug-likeness (QED) is 0.820. The van der Waals surface area contributed by atoms with E-state index in [2.05, 4.69) is 36.3 Å². The van der Waals surface area contributed by atoms with E-state index in [1.807, 2.05) is 0 Å². The molecule has 0 aromatic carbocycles. The topological polar surface area (TPSA) is 40.7 Å². The molecule has 0 aliphatic heterocycles. The Balaban J connectivity index is 2.07. The van der Waals surface area contributed by atoms with Crippen LogP contribution in [0.25, 0.3) is 0 Å². The molecule has 0 saturated heterocycles. The molecule has 3 nitrogen and oxygen atoms in total. The van der Waals surface area contributed by atoms with Crippen LogP contribution in [-0.2, 0) is 12.8 Å². The third-order valence-corrected chi connectivity index (χ3v) is 3.50. The largest absolute Gasteiger partial charge is 0.368 e. The summed E-state index contributed by atoms with van der Waals surface area (Å²) in [7, 11) is 0. The monoisotopic (exact) mass is 221 g/mol. The summed E-state index contributed by atoms with van der Waals surface area (Å²) in [5.74, 6) is 2.62. The second kappa shape index (κ2) is 4.89. The van der Waals surface area contributed by atoms with Gasteiger partial charge in [0.05, 0.1) is 0 Å². The van der Waals surface area contributed by atoms with Crippen molar-refractivity contribution in [1.29, 1.82) is 0 Å². The van der Waals surface area contributed by atoms with E-state index in [0.717, 1.165) is 18.3 Å². The molecule has 1 aliphatic rings. The lowest BCUT2D eigenvalue weighted by molar-refractivity contribution is 0.443. The van der Waals surface area contributed by atoms with Crippen LogP contribution in [0.15, 0.2) is 0 Å². The van der Waals surface area contributed by atoms with E-state index in [1.54, 1.807) is 0 Å². The maximum atomic E-state index is 4.40. The van der Waals surface area contributed by atoms with E-state index < -0.39 is 0 Å². The summed E-state index contributed by atoms with van der Waals surface area (Å²) in [6.45, 7) is 7.74. The highest BCUT2D eigenvalue weighted by molar-refractivity contribution is 5.47. The second-order valence-corrected chi connectivity index (χ2v) is 5.32. The smallest absolute Gasteiger partial charge is 0.151 e. The molecule has 0 fully saturated rings. The fourth-order valence-corrected chi connectivity index (χ4v) is 2.36. The average molecular weight is 221 g/mol. The van der Waals surface area contributed by atoms with Gasteiger partial charge in [-0.3, -0.25) is 5.10 Å². The molecule has 0 amide bonds. The molecule has 1 aliphatic carbocycles. The lowest BCUT2D eigenvalue weighted by atomic mass is 9.86. The molecular formula is C13H23N3. The lowest BCUT2D eigenvalue weighted by Gasteiger charge is -2.21. The molecule has 1 atom stereocenters. The standard InChI is InChI=1S/C13H23N3/c1-4-10-5-6-12-11(7-10)13(16-15-12)14-8-9(2)3/h9-10H,4-8H2,1-3H3,(H2,14,15,16). The van der Waals surface area contributed by atoms with Gasteiger partial charge in [-0.15, -0.1) is 0 Å². The summed E-state index contributed by atoms with van der Waals surface area (Å²) < 4.78 is 0. The van der Waals surface area contributed by atoms with Crippen LogP contribution in [0.3, 0.4) is 0 Å². The molecule has 90 valence electrons. The number of aromatic amines is 1. The van der Waals surface area contributed by atoms with Gasteiger partial charge < -0.3 is 5.32 Å². The van der Waals surface area contributed by atoms with Crippen LogP contribution in [0.4, 0.5) is 5.82 Å². The Morgan fingerprint density at radius 3 is 3.00 bits per heavy atom. The molecule has 3 heteroatoms. The van der Waals surface area contributed by atoms with E-state index in [4.69, 9.17) is 0 Å². The van der Waals surface area contributed by atoms with Crippen LogP contribution in [0.1, 0.15) is 44.9 Å². The minimum absolute atomic E-state index is 0.665. The molecule has 0 saturated carbocycles. The van der Waals surface area contributed by atoms with E-state index in [9.17, 15) is 0 Å². The number of nitrogens with one attached hydrogen (secondary N) is 2. The molecule has 0 bridgehead atoms. The van der Waals surface area contributed by atoms with Crippen LogP contribution in [0.2, 0.25) is 0 Å². The molecule has 16 heavy (non-hydrogen) atoms. The third kappa shape index (κ3) is 2.39. The van der Waals surface area contributed by atoms with Gasteiger partial charge in [-0.25, -0.2) is 0 Å². The van der Waals surface area contributed by atoms with Crippen molar-refractivity contribution in [1.82, 2.24) is 10.2 Å². The summed E-state index contributed by atoms with van der Waals surface area (Å²) in [4.78, 5) is 0. The first-order chi connectivity index (χ1) is 7.70. The first kappa shape index (κ1) is 11.5. The van der Waals surface area contributed by atoms with Crippen molar-refractivity contribution in [2.75, 3.05) is 11.9 Å². The molecule has 1 heterocycles. The van der Waals surface area contributed by atoms with Gasteiger partial charge in [0.1, 0.15) is 0 Å². The van der Waals surface area contributed by atoms with Crippen LogP contribution < -0.4 is 5.32 Å². The lowest BCUT2D eigenvalue weighted by Crippen LogP contribution is -2.15. The second-order valence-electron chi connectivity index (χ2n) is 5.32. The summed E-state index contributed by atoms with van der Waals surface area (Å²) in [6, 6.07) is 0. The van der Waals surface area contributed by atoms with Gasteiger partial charge in [0.15, 0.2) is 5.82 Å². The highest BCUT2D eigenvalue weighted by Gasteiger charge is 2.22. The van der Waals surface area contributed by atoms with Crippen LogP contribution in [0.5, 0.6) is 0 Å². The first-order valence-corrected chi connectivity index (χ1v) is 6.50. The van der Waals surface area contributed by atoms with Gasteiger partial charge in [-0.1, -0.05) is 27.2 Å². The van der Waals surface area contributed by atoms with Crippen molar-refractivity contribution in [2.45, 2.75) is 46.5 Å². The molecule has 2 N–H and O–H groups in total. The number of hydrogen-bond donors (Lipinski definition) is 2. The van der Waals surface area contributed by atoms with Gasteiger partial charge in [0, 0.05) is 17.8 Å². The predicted molar refractivity (Wildman–Crippen MR) is 67.7 cm³/mol. The third-order valence-electron chi connectivity index (χ3n) is 3.50. The zero-order chi connectivity index (χ0) is 11.5. The zero-order valence-electron chi connectivity index (χ0n) is 10.6. The van der Waals surface area contributed by atoms with Crippen LogP contribution >= 0.6 is 0 Å². The Kier molecular flexibility index (Phi) is 3.52. The Bertz CT molecular complexity index is 341. The van der Waals surface area contributed by atoms with Crippen molar-refractivity contribution in [2.24, 2.45) is 11.8 Å². The van der Waals surface area contributed by atoms with Crippen molar-refractivity contribution in [3.8, 4) is 0 Å². The predicted octanol–water partition coefficient (Wildman–Crippen LogP) is 2.99. The fraction of sp³-hybridized carbons (Fsp3) is 0.769. The molecule has 1 aromatic rings. The number of rotatable bonds is 4. The maximum absolute atomic E-state index is 4.40. The number of nitrogens with zero attached hydrogens (tertiary/aromatic N) is 1. The Morgan fingerprint density at radius 1 is 1.50 bits per heavy atom. The van der Waals surface area contributed by atoms with Crippen molar-refractivity contribution < 1.29 is 0 Å². The van der Waals surface area contributed by atoms with Crippen LogP contribution in [-0.4, -0.2) is 16.7 Å². The minimum atomic E-state index is 0.665. The maximum Gasteiger partial charge on any atom is 0.151 e. The van der Waals surface area contributed by atoms with Crippen molar-refractivity contribution >= 4 is 5.82 Å². The Morgan fingerprint density at radius 2 is 2.31 bits per heavy atom. The molecule has 1 unspecified atom stereocenters. The summed E-state index contributed by atoms with van der Waals surface area (Å²) in [5, 5.41) is 11.0. The number of aromatic nitrogens is 2. The van der Waals surface area contributed by atoms with E-state index in [1.165, 1.54) is 36.9 Å². The number of hydrogen-bond acceptors (Lipinski definition) is 2. The van der Waals surface area contributed by atoms with Gasteiger partial charge in [-0.2, -0.15) is 5.10 Å². The molecule has 0 spiro atoms. The molecule has 1 aromatic heterocycles. The molecular weight excluding hydrogens is 198 g/mol. The fourth-order valence-electron chi connectivity index (χ4n) is 2.36. The molecule has 0 radical (unpaired) electrons. The van der Waals surface area contributed by atoms with Gasteiger partial charge in [-0.05, 0) is 31.1 Å². The van der Waals surface area contributed by atoms with Crippen molar-refractivity contribution in [3.05, 3.63) is 11.3 Å². The first-order valence-electron chi connectivity index (χ1n) is 6.50. The number of anilines is 1. The summed E-state index contributed by atoms with van der Waals surface area (Å²) >= 11 is 0.